The zero-order valence-electron chi connectivity index (χ0n) is 13.9. The van der Waals surface area contributed by atoms with Crippen LogP contribution in [-0.2, 0) is 17.8 Å². The second kappa shape index (κ2) is 7.81. The van der Waals surface area contributed by atoms with Gasteiger partial charge in [-0.15, -0.1) is 11.3 Å². The van der Waals surface area contributed by atoms with Crippen LogP contribution in [-0.4, -0.2) is 36.2 Å². The maximum atomic E-state index is 13.1. The molecular weight excluding hydrogens is 322 g/mol. The van der Waals surface area contributed by atoms with Gasteiger partial charge in [0.05, 0.1) is 19.6 Å². The number of para-hydroxylation sites is 1. The average Bonchev–Trinajstić information content (AvgIpc) is 3.10. The van der Waals surface area contributed by atoms with Crippen LogP contribution in [0.1, 0.15) is 34.8 Å². The summed E-state index contributed by atoms with van der Waals surface area (Å²) < 4.78 is 5.39. The van der Waals surface area contributed by atoms with E-state index in [4.69, 9.17) is 4.74 Å². The molecule has 5 heteroatoms. The summed E-state index contributed by atoms with van der Waals surface area (Å²) in [4.78, 5) is 16.2. The number of methoxy groups -OCH3 is 1. The maximum Gasteiger partial charge on any atom is 0.230 e. The number of fused-ring (bicyclic) bond motifs is 1. The molecule has 1 amide bonds. The van der Waals surface area contributed by atoms with Gasteiger partial charge in [-0.25, -0.2) is 0 Å². The van der Waals surface area contributed by atoms with Crippen LogP contribution in [0.25, 0.3) is 0 Å². The van der Waals surface area contributed by atoms with Gasteiger partial charge in [-0.1, -0.05) is 18.2 Å². The highest BCUT2D eigenvalue weighted by Crippen LogP contribution is 2.36. The van der Waals surface area contributed by atoms with Gasteiger partial charge in [0, 0.05) is 23.5 Å². The van der Waals surface area contributed by atoms with Crippen LogP contribution < -0.4 is 4.74 Å². The van der Waals surface area contributed by atoms with Crippen LogP contribution in [0.3, 0.4) is 0 Å². The predicted octanol–water partition coefficient (Wildman–Crippen LogP) is 3.20. The Morgan fingerprint density at radius 1 is 1.38 bits per heavy atom. The molecule has 1 atom stereocenters. The maximum absolute atomic E-state index is 13.1. The monoisotopic (exact) mass is 345 g/mol. The SMILES string of the molecule is COc1ccccc1CN(CCO)C(=O)C1CCCc2sccc21. The van der Waals surface area contributed by atoms with Crippen molar-refractivity contribution >= 4 is 17.2 Å². The van der Waals surface area contributed by atoms with Crippen LogP contribution in [0.5, 0.6) is 5.75 Å². The van der Waals surface area contributed by atoms with Crippen molar-refractivity contribution in [3.05, 3.63) is 51.7 Å². The summed E-state index contributed by atoms with van der Waals surface area (Å²) in [6.07, 6.45) is 3.01. The van der Waals surface area contributed by atoms with Gasteiger partial charge in [0.15, 0.2) is 0 Å². The number of hydrogen-bond acceptors (Lipinski definition) is 4. The molecule has 1 aromatic carbocycles. The summed E-state index contributed by atoms with van der Waals surface area (Å²) in [5, 5.41) is 11.5. The molecule has 0 saturated heterocycles. The molecule has 1 aliphatic rings. The molecule has 2 aromatic rings. The van der Waals surface area contributed by atoms with Gasteiger partial charge in [0.1, 0.15) is 5.75 Å². The Hall–Kier alpha value is -1.85. The molecule has 0 aliphatic heterocycles. The molecule has 3 rings (SSSR count). The summed E-state index contributed by atoms with van der Waals surface area (Å²) in [6.45, 7) is 0.760. The minimum absolute atomic E-state index is 0.0376. The molecule has 0 bridgehead atoms. The third kappa shape index (κ3) is 3.47. The molecule has 1 aliphatic carbocycles. The molecule has 128 valence electrons. The van der Waals surface area contributed by atoms with Crippen LogP contribution in [0, 0.1) is 0 Å². The van der Waals surface area contributed by atoms with Crippen molar-refractivity contribution in [3.63, 3.8) is 0 Å². The van der Waals surface area contributed by atoms with Crippen molar-refractivity contribution in [3.8, 4) is 5.75 Å². The van der Waals surface area contributed by atoms with E-state index in [9.17, 15) is 9.90 Å². The number of rotatable bonds is 6. The molecule has 4 nitrogen and oxygen atoms in total. The van der Waals surface area contributed by atoms with E-state index in [0.717, 1.165) is 30.6 Å². The first-order valence-electron chi connectivity index (χ1n) is 8.32. The van der Waals surface area contributed by atoms with Crippen LogP contribution >= 0.6 is 11.3 Å². The fraction of sp³-hybridized carbons (Fsp3) is 0.421. The Morgan fingerprint density at radius 3 is 3.00 bits per heavy atom. The minimum Gasteiger partial charge on any atom is -0.496 e. The van der Waals surface area contributed by atoms with Crippen LogP contribution in [0.2, 0.25) is 0 Å². The van der Waals surface area contributed by atoms with Gasteiger partial charge >= 0.3 is 0 Å². The van der Waals surface area contributed by atoms with Crippen molar-refractivity contribution < 1.29 is 14.6 Å². The van der Waals surface area contributed by atoms with Crippen LogP contribution in [0.4, 0.5) is 0 Å². The summed E-state index contributed by atoms with van der Waals surface area (Å²) in [7, 11) is 1.63. The van der Waals surface area contributed by atoms with Crippen molar-refractivity contribution in [2.45, 2.75) is 31.7 Å². The summed E-state index contributed by atoms with van der Waals surface area (Å²) in [5.41, 5.74) is 2.14. The number of aliphatic hydroxyl groups is 1. The first-order chi connectivity index (χ1) is 11.7. The van der Waals surface area contributed by atoms with Gasteiger partial charge in [-0.3, -0.25) is 4.79 Å². The highest BCUT2D eigenvalue weighted by atomic mass is 32.1. The third-order valence-corrected chi connectivity index (χ3v) is 5.58. The molecule has 0 radical (unpaired) electrons. The Bertz CT molecular complexity index is 697. The molecule has 0 fully saturated rings. The molecule has 0 saturated carbocycles. The van der Waals surface area contributed by atoms with Crippen molar-refractivity contribution in [2.75, 3.05) is 20.3 Å². The number of thiophene rings is 1. The fourth-order valence-corrected chi connectivity index (χ4v) is 4.38. The largest absolute Gasteiger partial charge is 0.496 e. The number of benzene rings is 1. The lowest BCUT2D eigenvalue weighted by atomic mass is 9.86. The van der Waals surface area contributed by atoms with Crippen molar-refractivity contribution in [1.82, 2.24) is 4.90 Å². The van der Waals surface area contributed by atoms with Gasteiger partial charge in [-0.2, -0.15) is 0 Å². The lowest BCUT2D eigenvalue weighted by Gasteiger charge is -2.29. The van der Waals surface area contributed by atoms with Gasteiger partial charge in [-0.05, 0) is 42.3 Å². The number of carbonyl (C=O) groups excluding carboxylic acids is 1. The number of nitrogens with zero attached hydrogens (tertiary/aromatic N) is 1. The van der Waals surface area contributed by atoms with Crippen molar-refractivity contribution in [2.24, 2.45) is 0 Å². The normalized spacial score (nSPS) is 16.5. The number of amides is 1. The Labute approximate surface area is 146 Å². The first kappa shape index (κ1) is 17.0. The topological polar surface area (TPSA) is 49.8 Å². The molecular formula is C19H23NO3S. The van der Waals surface area contributed by atoms with E-state index in [1.165, 1.54) is 10.4 Å². The Balaban J connectivity index is 1.82. The van der Waals surface area contributed by atoms with E-state index < -0.39 is 0 Å². The van der Waals surface area contributed by atoms with Crippen molar-refractivity contribution in [1.29, 1.82) is 0 Å². The molecule has 24 heavy (non-hydrogen) atoms. The molecule has 1 unspecified atom stereocenters. The Kier molecular flexibility index (Phi) is 5.53. The number of aliphatic hydroxyl groups excluding tert-OH is 1. The second-order valence-corrected chi connectivity index (χ2v) is 7.04. The average molecular weight is 345 g/mol. The van der Waals surface area contributed by atoms with E-state index in [-0.39, 0.29) is 18.4 Å². The van der Waals surface area contributed by atoms with Crippen LogP contribution in [0.15, 0.2) is 35.7 Å². The van der Waals surface area contributed by atoms with E-state index in [1.807, 2.05) is 24.3 Å². The lowest BCUT2D eigenvalue weighted by molar-refractivity contribution is -0.134. The lowest BCUT2D eigenvalue weighted by Crippen LogP contribution is -2.37. The Morgan fingerprint density at radius 2 is 2.21 bits per heavy atom. The summed E-state index contributed by atoms with van der Waals surface area (Å²) in [5.74, 6) is 0.795. The zero-order valence-corrected chi connectivity index (χ0v) is 14.7. The number of ether oxygens (including phenoxy) is 1. The zero-order chi connectivity index (χ0) is 16.9. The van der Waals surface area contributed by atoms with Gasteiger partial charge in [0.25, 0.3) is 0 Å². The summed E-state index contributed by atoms with van der Waals surface area (Å²) in [6, 6.07) is 9.81. The second-order valence-electron chi connectivity index (χ2n) is 6.04. The number of carbonyl (C=O) groups is 1. The van der Waals surface area contributed by atoms with Gasteiger partial charge < -0.3 is 14.7 Å². The minimum atomic E-state index is -0.0822. The molecule has 1 heterocycles. The van der Waals surface area contributed by atoms with E-state index in [0.29, 0.717) is 13.1 Å². The number of aryl methyl sites for hydroxylation is 1. The fourth-order valence-electron chi connectivity index (χ4n) is 3.39. The summed E-state index contributed by atoms with van der Waals surface area (Å²) >= 11 is 1.74. The van der Waals surface area contributed by atoms with E-state index in [1.54, 1.807) is 23.3 Å². The van der Waals surface area contributed by atoms with E-state index in [2.05, 4.69) is 11.4 Å². The highest BCUT2D eigenvalue weighted by molar-refractivity contribution is 7.10. The smallest absolute Gasteiger partial charge is 0.230 e. The first-order valence-corrected chi connectivity index (χ1v) is 9.20. The third-order valence-electron chi connectivity index (χ3n) is 4.59. The molecule has 1 aromatic heterocycles. The van der Waals surface area contributed by atoms with E-state index >= 15 is 0 Å². The molecule has 0 spiro atoms. The molecule has 1 N–H and O–H groups in total. The predicted molar refractivity (Wildman–Crippen MR) is 95.5 cm³/mol. The standard InChI is InChI=1S/C19H23NO3S/c1-23-17-7-3-2-5-14(17)13-20(10-11-21)19(22)16-6-4-8-18-15(16)9-12-24-18/h2-3,5,7,9,12,16,21H,4,6,8,10-11,13H2,1H3. The highest BCUT2D eigenvalue weighted by Gasteiger charge is 2.30. The van der Waals surface area contributed by atoms with Gasteiger partial charge in [0.2, 0.25) is 5.91 Å². The quantitative estimate of drug-likeness (QED) is 0.875. The number of hydrogen-bond donors (Lipinski definition) is 1.